The van der Waals surface area contributed by atoms with Gasteiger partial charge in [0.1, 0.15) is 17.9 Å². The third kappa shape index (κ3) is 2.02. The lowest BCUT2D eigenvalue weighted by molar-refractivity contribution is 0.452. The second-order valence-corrected chi connectivity index (χ2v) is 3.88. The fourth-order valence-electron chi connectivity index (χ4n) is 1.58. The summed E-state index contributed by atoms with van der Waals surface area (Å²) in [6.07, 6.45) is 2.80. The molecule has 18 heavy (non-hydrogen) atoms. The molecule has 0 radical (unpaired) electrons. The topological polar surface area (TPSA) is 103 Å². The minimum Gasteiger partial charge on any atom is -0.434 e. The van der Waals surface area contributed by atoms with Gasteiger partial charge in [0.05, 0.1) is 11.3 Å². The van der Waals surface area contributed by atoms with Gasteiger partial charge >= 0.3 is 0 Å². The number of nitrogens with zero attached hydrogens (tertiary/aromatic N) is 4. The molecule has 0 spiro atoms. The predicted octanol–water partition coefficient (Wildman–Crippen LogP) is 0.903. The van der Waals surface area contributed by atoms with Crippen LogP contribution in [-0.4, -0.2) is 25.6 Å². The molecule has 0 aliphatic rings. The molecule has 2 heterocycles. The van der Waals surface area contributed by atoms with Gasteiger partial charge in [0.2, 0.25) is 5.88 Å². The van der Waals surface area contributed by atoms with E-state index in [1.165, 1.54) is 12.5 Å². The van der Waals surface area contributed by atoms with Crippen molar-refractivity contribution in [3.63, 3.8) is 0 Å². The summed E-state index contributed by atoms with van der Waals surface area (Å²) in [5.74, 6) is 0.750. The fraction of sp³-hybridized carbons (Fsp3) is 0.273. The van der Waals surface area contributed by atoms with Gasteiger partial charge in [-0.15, -0.1) is 0 Å². The first-order valence-electron chi connectivity index (χ1n) is 5.33. The van der Waals surface area contributed by atoms with Gasteiger partial charge in [-0.3, -0.25) is 10.1 Å². The zero-order chi connectivity index (χ0) is 13.3. The van der Waals surface area contributed by atoms with Crippen molar-refractivity contribution >= 4 is 5.84 Å². The zero-order valence-corrected chi connectivity index (χ0v) is 10.4. The summed E-state index contributed by atoms with van der Waals surface area (Å²) in [5, 5.41) is 11.7. The van der Waals surface area contributed by atoms with Crippen LogP contribution in [0.3, 0.4) is 0 Å². The Morgan fingerprint density at radius 2 is 2.17 bits per heavy atom. The highest BCUT2D eigenvalue weighted by Gasteiger charge is 2.15. The fourth-order valence-corrected chi connectivity index (χ4v) is 1.58. The standard InChI is InChI=1S/C11H14N6O/c1-6-9(7(2)17(3)16-6)18-11-8(10(12)13)4-14-5-15-11/h4-5H,1-3H3,(H3,12,13). The molecule has 2 aromatic heterocycles. The molecule has 0 saturated carbocycles. The van der Waals surface area contributed by atoms with Crippen LogP contribution in [0.1, 0.15) is 17.0 Å². The zero-order valence-electron chi connectivity index (χ0n) is 10.4. The minimum atomic E-state index is -0.134. The summed E-state index contributed by atoms with van der Waals surface area (Å²) in [7, 11) is 1.83. The third-order valence-electron chi connectivity index (χ3n) is 2.61. The average molecular weight is 246 g/mol. The summed E-state index contributed by atoms with van der Waals surface area (Å²) >= 11 is 0. The molecule has 0 amide bonds. The third-order valence-corrected chi connectivity index (χ3v) is 2.61. The first-order valence-corrected chi connectivity index (χ1v) is 5.33. The quantitative estimate of drug-likeness (QED) is 0.618. The van der Waals surface area contributed by atoms with E-state index in [2.05, 4.69) is 15.1 Å². The molecule has 94 valence electrons. The van der Waals surface area contributed by atoms with E-state index in [0.29, 0.717) is 11.3 Å². The van der Waals surface area contributed by atoms with E-state index in [0.717, 1.165) is 11.4 Å². The van der Waals surface area contributed by atoms with E-state index in [1.807, 2.05) is 20.9 Å². The Labute approximate surface area is 104 Å². The molecule has 0 saturated heterocycles. The van der Waals surface area contributed by atoms with Crippen molar-refractivity contribution in [1.82, 2.24) is 19.7 Å². The van der Waals surface area contributed by atoms with Gasteiger partial charge < -0.3 is 10.5 Å². The van der Waals surface area contributed by atoms with E-state index in [4.69, 9.17) is 15.9 Å². The molecule has 0 atom stereocenters. The van der Waals surface area contributed by atoms with E-state index in [1.54, 1.807) is 4.68 Å². The molecule has 0 fully saturated rings. The molecule has 0 aliphatic heterocycles. The van der Waals surface area contributed by atoms with Crippen LogP contribution in [0.2, 0.25) is 0 Å². The maximum absolute atomic E-state index is 7.45. The van der Waals surface area contributed by atoms with Crippen LogP contribution in [0.4, 0.5) is 0 Å². The van der Waals surface area contributed by atoms with Crippen LogP contribution in [0, 0.1) is 19.3 Å². The summed E-state index contributed by atoms with van der Waals surface area (Å²) < 4.78 is 7.42. The van der Waals surface area contributed by atoms with Crippen LogP contribution in [0.25, 0.3) is 0 Å². The van der Waals surface area contributed by atoms with Crippen molar-refractivity contribution in [3.05, 3.63) is 29.5 Å². The Morgan fingerprint density at radius 3 is 2.72 bits per heavy atom. The lowest BCUT2D eigenvalue weighted by atomic mass is 10.3. The number of nitrogen functional groups attached to an aromatic ring is 1. The summed E-state index contributed by atoms with van der Waals surface area (Å²) in [5.41, 5.74) is 7.44. The van der Waals surface area contributed by atoms with Crippen LogP contribution < -0.4 is 10.5 Å². The second kappa shape index (κ2) is 4.44. The molecular weight excluding hydrogens is 232 g/mol. The van der Waals surface area contributed by atoms with Gasteiger partial charge in [-0.25, -0.2) is 9.97 Å². The maximum atomic E-state index is 7.45. The second-order valence-electron chi connectivity index (χ2n) is 3.88. The van der Waals surface area contributed by atoms with Crippen molar-refractivity contribution < 1.29 is 4.74 Å². The van der Waals surface area contributed by atoms with Crippen molar-refractivity contribution in [1.29, 1.82) is 5.41 Å². The molecule has 0 unspecified atom stereocenters. The normalized spacial score (nSPS) is 10.4. The first-order chi connectivity index (χ1) is 8.50. The summed E-state index contributed by atoms with van der Waals surface area (Å²) in [4.78, 5) is 7.82. The van der Waals surface area contributed by atoms with Crippen LogP contribution in [0.15, 0.2) is 12.5 Å². The highest BCUT2D eigenvalue weighted by Crippen LogP contribution is 2.28. The average Bonchev–Trinajstić information content (AvgIpc) is 2.56. The minimum absolute atomic E-state index is 0.134. The molecule has 3 N–H and O–H groups in total. The number of rotatable bonds is 3. The molecule has 0 aliphatic carbocycles. The molecular formula is C11H14N6O. The van der Waals surface area contributed by atoms with Gasteiger partial charge in [0, 0.05) is 13.2 Å². The number of aryl methyl sites for hydroxylation is 2. The highest BCUT2D eigenvalue weighted by molar-refractivity contribution is 5.96. The SMILES string of the molecule is Cc1nn(C)c(C)c1Oc1ncncc1C(=N)N. The molecule has 0 bridgehead atoms. The Bertz CT molecular complexity index is 604. The maximum Gasteiger partial charge on any atom is 0.233 e. The van der Waals surface area contributed by atoms with Gasteiger partial charge in [0.25, 0.3) is 0 Å². The Morgan fingerprint density at radius 1 is 1.44 bits per heavy atom. The lowest BCUT2D eigenvalue weighted by Crippen LogP contribution is -2.13. The van der Waals surface area contributed by atoms with Crippen molar-refractivity contribution in [2.75, 3.05) is 0 Å². The Hall–Kier alpha value is -2.44. The number of aromatic nitrogens is 4. The van der Waals surface area contributed by atoms with Gasteiger partial charge in [-0.05, 0) is 13.8 Å². The smallest absolute Gasteiger partial charge is 0.233 e. The molecule has 0 aromatic carbocycles. The van der Waals surface area contributed by atoms with E-state index < -0.39 is 0 Å². The number of ether oxygens (including phenoxy) is 1. The lowest BCUT2D eigenvalue weighted by Gasteiger charge is -2.08. The van der Waals surface area contributed by atoms with E-state index in [-0.39, 0.29) is 11.7 Å². The molecule has 7 heteroatoms. The van der Waals surface area contributed by atoms with Crippen molar-refractivity contribution in [2.24, 2.45) is 12.8 Å². The monoisotopic (exact) mass is 246 g/mol. The predicted molar refractivity (Wildman–Crippen MR) is 65.8 cm³/mol. The number of amidine groups is 1. The first kappa shape index (κ1) is 12.0. The molecule has 2 rings (SSSR count). The Balaban J connectivity index is 2.43. The van der Waals surface area contributed by atoms with Crippen molar-refractivity contribution in [2.45, 2.75) is 13.8 Å². The van der Waals surface area contributed by atoms with Gasteiger partial charge in [-0.2, -0.15) is 5.10 Å². The van der Waals surface area contributed by atoms with Gasteiger partial charge in [0.15, 0.2) is 5.75 Å². The van der Waals surface area contributed by atoms with Crippen LogP contribution in [0.5, 0.6) is 11.6 Å². The van der Waals surface area contributed by atoms with E-state index in [9.17, 15) is 0 Å². The van der Waals surface area contributed by atoms with E-state index >= 15 is 0 Å². The molecule has 7 nitrogen and oxygen atoms in total. The van der Waals surface area contributed by atoms with Crippen molar-refractivity contribution in [3.8, 4) is 11.6 Å². The largest absolute Gasteiger partial charge is 0.434 e. The summed E-state index contributed by atoms with van der Waals surface area (Å²) in [6, 6.07) is 0. The van der Waals surface area contributed by atoms with Crippen LogP contribution >= 0.6 is 0 Å². The number of hydrogen-bond donors (Lipinski definition) is 2. The van der Waals surface area contributed by atoms with Crippen LogP contribution in [-0.2, 0) is 7.05 Å². The van der Waals surface area contributed by atoms with Gasteiger partial charge in [-0.1, -0.05) is 0 Å². The number of nitrogens with one attached hydrogen (secondary N) is 1. The highest BCUT2D eigenvalue weighted by atomic mass is 16.5. The number of hydrogen-bond acceptors (Lipinski definition) is 5. The Kier molecular flexibility index (Phi) is 2.97. The molecule has 2 aromatic rings. The summed E-state index contributed by atoms with van der Waals surface area (Å²) in [6.45, 7) is 3.74. The number of nitrogens with two attached hydrogens (primary N) is 1.